The van der Waals surface area contributed by atoms with Gasteiger partial charge < -0.3 is 19.8 Å². The highest BCUT2D eigenvalue weighted by Gasteiger charge is 2.05. The maximum Gasteiger partial charge on any atom is 0.148 e. The van der Waals surface area contributed by atoms with Gasteiger partial charge in [0.05, 0.1) is 0 Å². The smallest absolute Gasteiger partial charge is 0.148 e. The Hall–Kier alpha value is -0.740. The highest BCUT2D eigenvalue weighted by molar-refractivity contribution is 5.57. The quantitative estimate of drug-likeness (QED) is 0.482. The van der Waals surface area contributed by atoms with Gasteiger partial charge in [-0.2, -0.15) is 0 Å². The fraction of sp³-hybridized carbons (Fsp3) is 0.667. The minimum absolute atomic E-state index is 0.128. The molecule has 0 aliphatic heterocycles. The Morgan fingerprint density at radius 1 is 1.00 bits per heavy atom. The third-order valence-electron chi connectivity index (χ3n) is 1.07. The Morgan fingerprint density at radius 2 is 1.30 bits per heavy atom. The van der Waals surface area contributed by atoms with E-state index in [0.29, 0.717) is 12.6 Å². The molecule has 0 unspecified atom stereocenters. The third kappa shape index (κ3) is 4.17. The van der Waals surface area contributed by atoms with Gasteiger partial charge in [-0.1, -0.05) is 0 Å². The van der Waals surface area contributed by atoms with E-state index in [1.54, 1.807) is 0 Å². The van der Waals surface area contributed by atoms with Gasteiger partial charge >= 0.3 is 0 Å². The van der Waals surface area contributed by atoms with Crippen LogP contribution in [-0.4, -0.2) is 35.0 Å². The van der Waals surface area contributed by atoms with E-state index in [2.05, 4.69) is 0 Å². The molecule has 58 valence electrons. The first-order chi connectivity index (χ1) is 4.70. The maximum absolute atomic E-state index is 9.79. The molecule has 0 saturated carbocycles. The Morgan fingerprint density at radius 3 is 1.50 bits per heavy atom. The van der Waals surface area contributed by atoms with Crippen molar-refractivity contribution in [2.45, 2.75) is 25.0 Å². The lowest BCUT2D eigenvalue weighted by atomic mass is 10.1. The van der Waals surface area contributed by atoms with Gasteiger partial charge in [-0.25, -0.2) is 0 Å². The van der Waals surface area contributed by atoms with Crippen molar-refractivity contribution in [1.82, 2.24) is 0 Å². The lowest BCUT2D eigenvalue weighted by Crippen LogP contribution is -2.14. The van der Waals surface area contributed by atoms with Crippen molar-refractivity contribution in [3.05, 3.63) is 0 Å². The van der Waals surface area contributed by atoms with Gasteiger partial charge in [0.25, 0.3) is 0 Å². The van der Waals surface area contributed by atoms with Crippen molar-refractivity contribution < 1.29 is 19.8 Å². The monoisotopic (exact) mass is 146 g/mol. The molecule has 0 amide bonds. The summed E-state index contributed by atoms with van der Waals surface area (Å²) in [6.07, 6.45) is -1.12. The van der Waals surface area contributed by atoms with E-state index in [1.165, 1.54) is 0 Å². The van der Waals surface area contributed by atoms with Gasteiger partial charge in [0.2, 0.25) is 0 Å². The zero-order chi connectivity index (χ0) is 7.98. The summed E-state index contributed by atoms with van der Waals surface area (Å²) < 4.78 is 0. The van der Waals surface area contributed by atoms with Crippen molar-refractivity contribution in [3.63, 3.8) is 0 Å². The van der Waals surface area contributed by atoms with Gasteiger partial charge in [0.15, 0.2) is 0 Å². The van der Waals surface area contributed by atoms with Crippen LogP contribution in [0.4, 0.5) is 0 Å². The second kappa shape index (κ2) is 5.08. The Kier molecular flexibility index (Phi) is 4.70. The predicted octanol–water partition coefficient (Wildman–Crippen LogP) is -1.11. The summed E-state index contributed by atoms with van der Waals surface area (Å²) in [6, 6.07) is 0. The second-order valence-corrected chi connectivity index (χ2v) is 1.98. The van der Waals surface area contributed by atoms with Crippen LogP contribution in [0.15, 0.2) is 0 Å². The topological polar surface area (TPSA) is 74.6 Å². The highest BCUT2D eigenvalue weighted by atomic mass is 16.3. The largest absolute Gasteiger partial charge is 0.386 e. The van der Waals surface area contributed by atoms with Gasteiger partial charge in [-0.15, -0.1) is 0 Å². The van der Waals surface area contributed by atoms with Gasteiger partial charge in [0, 0.05) is 0 Å². The van der Waals surface area contributed by atoms with Crippen molar-refractivity contribution in [1.29, 1.82) is 0 Å². The van der Waals surface area contributed by atoms with E-state index in [4.69, 9.17) is 10.2 Å². The van der Waals surface area contributed by atoms with Gasteiger partial charge in [-0.05, 0) is 12.8 Å². The number of aliphatic hydroxyl groups excluding tert-OH is 2. The van der Waals surface area contributed by atoms with Crippen LogP contribution >= 0.6 is 0 Å². The molecule has 0 radical (unpaired) electrons. The molecule has 0 aromatic rings. The molecule has 0 spiro atoms. The fourth-order valence-corrected chi connectivity index (χ4v) is 0.478. The summed E-state index contributed by atoms with van der Waals surface area (Å²) in [7, 11) is 0. The summed E-state index contributed by atoms with van der Waals surface area (Å²) in [6.45, 7) is 0. The van der Waals surface area contributed by atoms with Crippen LogP contribution in [0.1, 0.15) is 12.8 Å². The lowest BCUT2D eigenvalue weighted by Gasteiger charge is -2.02. The molecular weight excluding hydrogens is 136 g/mol. The average molecular weight is 146 g/mol. The van der Waals surface area contributed by atoms with Crippen molar-refractivity contribution in [3.8, 4) is 0 Å². The zero-order valence-electron chi connectivity index (χ0n) is 5.43. The van der Waals surface area contributed by atoms with Crippen LogP contribution < -0.4 is 0 Å². The van der Waals surface area contributed by atoms with Gasteiger partial charge in [0.1, 0.15) is 24.8 Å². The molecule has 2 atom stereocenters. The zero-order valence-corrected chi connectivity index (χ0v) is 5.43. The Labute approximate surface area is 58.5 Å². The summed E-state index contributed by atoms with van der Waals surface area (Å²) >= 11 is 0. The second-order valence-electron chi connectivity index (χ2n) is 1.98. The first-order valence-corrected chi connectivity index (χ1v) is 2.97. The van der Waals surface area contributed by atoms with E-state index in [1.807, 2.05) is 0 Å². The summed E-state index contributed by atoms with van der Waals surface area (Å²) in [5, 5.41) is 17.2. The van der Waals surface area contributed by atoms with E-state index >= 15 is 0 Å². The molecule has 0 aliphatic carbocycles. The third-order valence-corrected chi connectivity index (χ3v) is 1.07. The van der Waals surface area contributed by atoms with Crippen LogP contribution in [0.3, 0.4) is 0 Å². The van der Waals surface area contributed by atoms with Crippen LogP contribution in [0.2, 0.25) is 0 Å². The normalized spacial score (nSPS) is 15.8. The minimum atomic E-state index is -1.06. The number of carbonyl (C=O) groups is 2. The van der Waals surface area contributed by atoms with Crippen molar-refractivity contribution >= 4 is 12.6 Å². The minimum Gasteiger partial charge on any atom is -0.386 e. The van der Waals surface area contributed by atoms with Crippen LogP contribution in [0.25, 0.3) is 0 Å². The van der Waals surface area contributed by atoms with E-state index < -0.39 is 12.2 Å². The molecule has 0 fully saturated rings. The summed E-state index contributed by atoms with van der Waals surface area (Å²) in [5.41, 5.74) is 0. The summed E-state index contributed by atoms with van der Waals surface area (Å²) in [5.74, 6) is 0. The van der Waals surface area contributed by atoms with Crippen LogP contribution in [0.5, 0.6) is 0 Å². The number of rotatable bonds is 5. The molecular formula is C6H10O4. The molecule has 0 saturated heterocycles. The number of aldehydes is 2. The molecule has 4 heteroatoms. The molecule has 0 bridgehead atoms. The number of carbonyl (C=O) groups excluding carboxylic acids is 2. The molecule has 0 aromatic carbocycles. The number of hydrogen-bond acceptors (Lipinski definition) is 4. The summed E-state index contributed by atoms with van der Waals surface area (Å²) in [4.78, 5) is 19.6. The standard InChI is InChI=1S/C6H10O4/c7-3-5(9)1-2-6(10)4-8/h3-6,9-10H,1-2H2/t5-,6-/m1/s1. The molecule has 4 nitrogen and oxygen atoms in total. The molecule has 10 heavy (non-hydrogen) atoms. The fourth-order valence-electron chi connectivity index (χ4n) is 0.478. The molecule has 0 heterocycles. The number of aliphatic hydroxyl groups is 2. The predicted molar refractivity (Wildman–Crippen MR) is 33.4 cm³/mol. The highest BCUT2D eigenvalue weighted by Crippen LogP contribution is 1.97. The van der Waals surface area contributed by atoms with Gasteiger partial charge in [-0.3, -0.25) is 0 Å². The first kappa shape index (κ1) is 9.26. The van der Waals surface area contributed by atoms with E-state index in [9.17, 15) is 9.59 Å². The maximum atomic E-state index is 9.79. The number of hydrogen-bond donors (Lipinski definition) is 2. The van der Waals surface area contributed by atoms with Crippen LogP contribution in [-0.2, 0) is 9.59 Å². The molecule has 2 N–H and O–H groups in total. The Bertz CT molecular complexity index is 98.3. The Balaban J connectivity index is 3.34. The molecule has 0 aromatic heterocycles. The van der Waals surface area contributed by atoms with Crippen molar-refractivity contribution in [2.75, 3.05) is 0 Å². The van der Waals surface area contributed by atoms with E-state index in [-0.39, 0.29) is 12.8 Å². The molecule has 0 aliphatic rings. The first-order valence-electron chi connectivity index (χ1n) is 2.97. The average Bonchev–Trinajstić information content (AvgIpc) is 1.99. The SMILES string of the molecule is O=C[C@H](O)CC[C@@H](O)C=O. The lowest BCUT2D eigenvalue weighted by molar-refractivity contribution is -0.118. The van der Waals surface area contributed by atoms with Crippen molar-refractivity contribution in [2.24, 2.45) is 0 Å². The van der Waals surface area contributed by atoms with E-state index in [0.717, 1.165) is 0 Å². The van der Waals surface area contributed by atoms with Crippen LogP contribution in [0, 0.1) is 0 Å². The molecule has 0 rings (SSSR count).